The first-order chi connectivity index (χ1) is 10.0. The number of carbonyl (C=O) groups is 1. The molecule has 21 heavy (non-hydrogen) atoms. The number of carbonyl (C=O) groups excluding carboxylic acids is 1. The molecule has 2 aromatic rings. The number of halogens is 2. The second-order valence-corrected chi connectivity index (χ2v) is 6.34. The molecule has 0 unspecified atom stereocenters. The highest BCUT2D eigenvalue weighted by molar-refractivity contribution is 9.11. The third-order valence-corrected chi connectivity index (χ3v) is 4.46. The number of methoxy groups -OCH3 is 1. The van der Waals surface area contributed by atoms with E-state index in [4.69, 9.17) is 4.74 Å². The molecule has 0 aliphatic heterocycles. The predicted octanol–water partition coefficient (Wildman–Crippen LogP) is 4.92. The van der Waals surface area contributed by atoms with E-state index in [-0.39, 0.29) is 5.97 Å². The molecule has 0 aromatic heterocycles. The number of anilines is 1. The molecule has 5 heteroatoms. The number of esters is 1. The van der Waals surface area contributed by atoms with Gasteiger partial charge in [-0.05, 0) is 58.2 Å². The summed E-state index contributed by atoms with van der Waals surface area (Å²) in [5.41, 5.74) is 3.83. The Bertz CT molecular complexity index is 671. The number of rotatable bonds is 4. The van der Waals surface area contributed by atoms with Crippen LogP contribution < -0.4 is 5.32 Å². The lowest BCUT2D eigenvalue weighted by Crippen LogP contribution is -2.04. The van der Waals surface area contributed by atoms with E-state index in [1.807, 2.05) is 12.1 Å². The van der Waals surface area contributed by atoms with Crippen LogP contribution in [0.25, 0.3) is 0 Å². The first kappa shape index (κ1) is 16.0. The van der Waals surface area contributed by atoms with Gasteiger partial charge in [-0.2, -0.15) is 0 Å². The molecule has 0 amide bonds. The SMILES string of the molecule is COC(=O)c1ccc(CNc2ccc(C)cc2Br)c(Br)c1. The van der Waals surface area contributed by atoms with Crippen LogP contribution >= 0.6 is 31.9 Å². The minimum atomic E-state index is -0.337. The fourth-order valence-corrected chi connectivity index (χ4v) is 3.04. The van der Waals surface area contributed by atoms with Crippen molar-refractivity contribution >= 4 is 43.5 Å². The molecule has 1 N–H and O–H groups in total. The van der Waals surface area contributed by atoms with Crippen molar-refractivity contribution in [2.75, 3.05) is 12.4 Å². The summed E-state index contributed by atoms with van der Waals surface area (Å²) < 4.78 is 6.61. The standard InChI is InChI=1S/C16H15Br2NO2/c1-10-3-6-15(14(18)7-10)19-9-12-5-4-11(8-13(12)17)16(20)21-2/h3-8,19H,9H2,1-2H3. The van der Waals surface area contributed by atoms with Crippen molar-refractivity contribution in [2.24, 2.45) is 0 Å². The molecule has 0 saturated heterocycles. The maximum Gasteiger partial charge on any atom is 0.337 e. The maximum absolute atomic E-state index is 11.5. The average Bonchev–Trinajstić information content (AvgIpc) is 2.46. The van der Waals surface area contributed by atoms with Gasteiger partial charge in [0, 0.05) is 21.2 Å². The smallest absolute Gasteiger partial charge is 0.337 e. The zero-order chi connectivity index (χ0) is 15.4. The third kappa shape index (κ3) is 4.08. The topological polar surface area (TPSA) is 38.3 Å². The van der Waals surface area contributed by atoms with Gasteiger partial charge >= 0.3 is 5.97 Å². The van der Waals surface area contributed by atoms with Crippen LogP contribution in [0.15, 0.2) is 45.3 Å². The molecule has 0 radical (unpaired) electrons. The van der Waals surface area contributed by atoms with Gasteiger partial charge in [0.25, 0.3) is 0 Å². The van der Waals surface area contributed by atoms with Crippen molar-refractivity contribution in [2.45, 2.75) is 13.5 Å². The Kier molecular flexibility index (Phi) is 5.42. The first-order valence-corrected chi connectivity index (χ1v) is 7.96. The number of ether oxygens (including phenoxy) is 1. The second-order valence-electron chi connectivity index (χ2n) is 4.63. The van der Waals surface area contributed by atoms with Crippen molar-refractivity contribution in [3.8, 4) is 0 Å². The van der Waals surface area contributed by atoms with Crippen molar-refractivity contribution in [1.29, 1.82) is 0 Å². The zero-order valence-corrected chi connectivity index (χ0v) is 14.9. The lowest BCUT2D eigenvalue weighted by molar-refractivity contribution is 0.0600. The van der Waals surface area contributed by atoms with Crippen LogP contribution in [0.1, 0.15) is 21.5 Å². The van der Waals surface area contributed by atoms with E-state index >= 15 is 0 Å². The lowest BCUT2D eigenvalue weighted by Gasteiger charge is -2.11. The van der Waals surface area contributed by atoms with Crippen molar-refractivity contribution in [1.82, 2.24) is 0 Å². The van der Waals surface area contributed by atoms with E-state index < -0.39 is 0 Å². The Balaban J connectivity index is 2.11. The van der Waals surface area contributed by atoms with Gasteiger partial charge in [0.2, 0.25) is 0 Å². The minimum absolute atomic E-state index is 0.337. The van der Waals surface area contributed by atoms with E-state index in [2.05, 4.69) is 56.2 Å². The molecule has 110 valence electrons. The van der Waals surface area contributed by atoms with Gasteiger partial charge in [0.15, 0.2) is 0 Å². The third-order valence-electron chi connectivity index (χ3n) is 3.07. The molecular weight excluding hydrogens is 398 g/mol. The molecule has 2 aromatic carbocycles. The molecular formula is C16H15Br2NO2. The highest BCUT2D eigenvalue weighted by Crippen LogP contribution is 2.25. The van der Waals surface area contributed by atoms with Gasteiger partial charge in [-0.15, -0.1) is 0 Å². The van der Waals surface area contributed by atoms with Crippen LogP contribution in [-0.2, 0) is 11.3 Å². The number of aryl methyl sites for hydroxylation is 1. The number of hydrogen-bond acceptors (Lipinski definition) is 3. The summed E-state index contributed by atoms with van der Waals surface area (Å²) in [4.78, 5) is 11.5. The summed E-state index contributed by atoms with van der Waals surface area (Å²) in [6, 6.07) is 11.6. The molecule has 2 rings (SSSR count). The van der Waals surface area contributed by atoms with Gasteiger partial charge in [-0.25, -0.2) is 4.79 Å². The van der Waals surface area contributed by atoms with Crippen LogP contribution in [0.2, 0.25) is 0 Å². The Labute approximate surface area is 141 Å². The summed E-state index contributed by atoms with van der Waals surface area (Å²) in [7, 11) is 1.38. The Morgan fingerprint density at radius 2 is 1.90 bits per heavy atom. The maximum atomic E-state index is 11.5. The van der Waals surface area contributed by atoms with Gasteiger partial charge in [-0.1, -0.05) is 28.1 Å². The second kappa shape index (κ2) is 7.09. The van der Waals surface area contributed by atoms with Crippen LogP contribution in [0.5, 0.6) is 0 Å². The fraction of sp³-hybridized carbons (Fsp3) is 0.188. The van der Waals surface area contributed by atoms with E-state index in [0.29, 0.717) is 12.1 Å². The van der Waals surface area contributed by atoms with Crippen LogP contribution in [-0.4, -0.2) is 13.1 Å². The average molecular weight is 413 g/mol. The normalized spacial score (nSPS) is 10.3. The Hall–Kier alpha value is -1.33. The highest BCUT2D eigenvalue weighted by atomic mass is 79.9. The summed E-state index contributed by atoms with van der Waals surface area (Å²) in [6.07, 6.45) is 0. The predicted molar refractivity (Wildman–Crippen MR) is 91.7 cm³/mol. The van der Waals surface area contributed by atoms with Crippen LogP contribution in [0.3, 0.4) is 0 Å². The summed E-state index contributed by atoms with van der Waals surface area (Å²) in [6.45, 7) is 2.71. The number of nitrogens with one attached hydrogen (secondary N) is 1. The van der Waals surface area contributed by atoms with E-state index in [1.165, 1.54) is 12.7 Å². The Morgan fingerprint density at radius 3 is 2.52 bits per heavy atom. The van der Waals surface area contributed by atoms with Crippen LogP contribution in [0.4, 0.5) is 5.69 Å². The molecule has 0 spiro atoms. The molecule has 3 nitrogen and oxygen atoms in total. The van der Waals surface area contributed by atoms with Crippen LogP contribution in [0, 0.1) is 6.92 Å². The van der Waals surface area contributed by atoms with Crippen molar-refractivity contribution in [3.63, 3.8) is 0 Å². The van der Waals surface area contributed by atoms with E-state index in [1.54, 1.807) is 12.1 Å². The molecule has 0 atom stereocenters. The molecule has 0 saturated carbocycles. The monoisotopic (exact) mass is 411 g/mol. The summed E-state index contributed by atoms with van der Waals surface area (Å²) in [5, 5.41) is 3.37. The summed E-state index contributed by atoms with van der Waals surface area (Å²) in [5.74, 6) is -0.337. The highest BCUT2D eigenvalue weighted by Gasteiger charge is 2.08. The number of benzene rings is 2. The molecule has 0 heterocycles. The summed E-state index contributed by atoms with van der Waals surface area (Å²) >= 11 is 7.03. The lowest BCUT2D eigenvalue weighted by atomic mass is 10.1. The van der Waals surface area contributed by atoms with Crippen molar-refractivity contribution in [3.05, 3.63) is 62.0 Å². The van der Waals surface area contributed by atoms with E-state index in [9.17, 15) is 4.79 Å². The van der Waals surface area contributed by atoms with Gasteiger partial charge in [0.05, 0.1) is 12.7 Å². The first-order valence-electron chi connectivity index (χ1n) is 6.38. The minimum Gasteiger partial charge on any atom is -0.465 e. The van der Waals surface area contributed by atoms with E-state index in [0.717, 1.165) is 20.2 Å². The van der Waals surface area contributed by atoms with Gasteiger partial charge in [0.1, 0.15) is 0 Å². The number of hydrogen-bond donors (Lipinski definition) is 1. The Morgan fingerprint density at radius 1 is 1.14 bits per heavy atom. The molecule has 0 bridgehead atoms. The quantitative estimate of drug-likeness (QED) is 0.724. The largest absolute Gasteiger partial charge is 0.465 e. The van der Waals surface area contributed by atoms with Crippen molar-refractivity contribution < 1.29 is 9.53 Å². The van der Waals surface area contributed by atoms with Gasteiger partial charge in [-0.3, -0.25) is 0 Å². The molecule has 0 aliphatic rings. The zero-order valence-electron chi connectivity index (χ0n) is 11.7. The van der Waals surface area contributed by atoms with Gasteiger partial charge < -0.3 is 10.1 Å². The fourth-order valence-electron chi connectivity index (χ4n) is 1.89. The molecule has 0 aliphatic carbocycles. The molecule has 0 fully saturated rings.